The minimum Gasteiger partial charge on any atom is -0.366 e. The fourth-order valence-electron chi connectivity index (χ4n) is 3.37. The summed E-state index contributed by atoms with van der Waals surface area (Å²) in [5.41, 5.74) is 0.0580. The van der Waals surface area contributed by atoms with Gasteiger partial charge in [0.05, 0.1) is 17.6 Å². The van der Waals surface area contributed by atoms with Gasteiger partial charge in [-0.2, -0.15) is 9.78 Å². The van der Waals surface area contributed by atoms with E-state index < -0.39 is 17.2 Å². The molecule has 0 N–H and O–H groups in total. The summed E-state index contributed by atoms with van der Waals surface area (Å²) in [5, 5.41) is 3.90. The molecule has 0 saturated carbocycles. The third-order valence-corrected chi connectivity index (χ3v) is 5.21. The maximum atomic E-state index is 14.0. The second kappa shape index (κ2) is 7.79. The van der Waals surface area contributed by atoms with Gasteiger partial charge in [-0.3, -0.25) is 4.79 Å². The standard InChI is InChI=1S/C20H16ClF3N4O/c21-19-18(12-25-28(20(19)29)17-6-5-13(22)11-15(17)24)27-9-7-26(8-10-27)16-4-2-1-3-14(16)23/h1-6,11-12H,7-10H2. The summed E-state index contributed by atoms with van der Waals surface area (Å²) >= 11 is 6.26. The van der Waals surface area contributed by atoms with E-state index in [1.165, 1.54) is 12.3 Å². The molecule has 1 aliphatic heterocycles. The number of aromatic nitrogens is 2. The van der Waals surface area contributed by atoms with Crippen molar-refractivity contribution in [2.75, 3.05) is 36.0 Å². The minimum atomic E-state index is -0.915. The first kappa shape index (κ1) is 19.3. The lowest BCUT2D eigenvalue weighted by atomic mass is 10.2. The fourth-order valence-corrected chi connectivity index (χ4v) is 3.61. The van der Waals surface area contributed by atoms with Gasteiger partial charge in [-0.15, -0.1) is 0 Å². The Morgan fingerprint density at radius 1 is 0.828 bits per heavy atom. The lowest BCUT2D eigenvalue weighted by Gasteiger charge is -2.37. The molecule has 1 saturated heterocycles. The Kier molecular flexibility index (Phi) is 5.19. The molecule has 2 aromatic carbocycles. The van der Waals surface area contributed by atoms with Crippen LogP contribution < -0.4 is 15.4 Å². The van der Waals surface area contributed by atoms with Crippen LogP contribution in [0.25, 0.3) is 5.69 Å². The number of hydrogen-bond acceptors (Lipinski definition) is 4. The molecule has 29 heavy (non-hydrogen) atoms. The predicted octanol–water partition coefficient (Wildman–Crippen LogP) is 3.63. The minimum absolute atomic E-state index is 0.108. The number of piperazine rings is 1. The second-order valence-electron chi connectivity index (χ2n) is 6.58. The van der Waals surface area contributed by atoms with Crippen LogP contribution in [0.3, 0.4) is 0 Å². The first-order valence-corrected chi connectivity index (χ1v) is 9.31. The Labute approximate surface area is 169 Å². The zero-order valence-corrected chi connectivity index (χ0v) is 15.9. The summed E-state index contributed by atoms with van der Waals surface area (Å²) in [4.78, 5) is 16.4. The van der Waals surface area contributed by atoms with Crippen molar-refractivity contribution >= 4 is 23.0 Å². The molecule has 0 bridgehead atoms. The van der Waals surface area contributed by atoms with E-state index in [-0.39, 0.29) is 16.5 Å². The normalized spacial score (nSPS) is 14.3. The van der Waals surface area contributed by atoms with Gasteiger partial charge in [-0.25, -0.2) is 13.2 Å². The van der Waals surface area contributed by atoms with Gasteiger partial charge in [-0.1, -0.05) is 23.7 Å². The van der Waals surface area contributed by atoms with Crippen LogP contribution in [0, 0.1) is 17.5 Å². The van der Waals surface area contributed by atoms with Gasteiger partial charge in [0.2, 0.25) is 0 Å². The number of hydrogen-bond donors (Lipinski definition) is 0. The van der Waals surface area contributed by atoms with Crippen molar-refractivity contribution in [2.24, 2.45) is 0 Å². The van der Waals surface area contributed by atoms with Crippen LogP contribution in [0.5, 0.6) is 0 Å². The third-order valence-electron chi connectivity index (χ3n) is 4.85. The maximum Gasteiger partial charge on any atom is 0.292 e. The molecule has 0 spiro atoms. The largest absolute Gasteiger partial charge is 0.366 e. The van der Waals surface area contributed by atoms with Gasteiger partial charge in [0.15, 0.2) is 5.82 Å². The van der Waals surface area contributed by atoms with Gasteiger partial charge in [0, 0.05) is 32.2 Å². The Bertz CT molecular complexity index is 1110. The number of benzene rings is 2. The zero-order chi connectivity index (χ0) is 20.5. The van der Waals surface area contributed by atoms with Crippen molar-refractivity contribution in [3.8, 4) is 5.69 Å². The summed E-state index contributed by atoms with van der Waals surface area (Å²) in [6, 6.07) is 9.39. The molecule has 0 unspecified atom stereocenters. The van der Waals surface area contributed by atoms with Gasteiger partial charge in [-0.05, 0) is 24.3 Å². The van der Waals surface area contributed by atoms with E-state index in [0.717, 1.165) is 16.8 Å². The highest BCUT2D eigenvalue weighted by atomic mass is 35.5. The second-order valence-corrected chi connectivity index (χ2v) is 6.96. The molecule has 1 aromatic heterocycles. The summed E-state index contributed by atoms with van der Waals surface area (Å²) in [5.74, 6) is -1.96. The lowest BCUT2D eigenvalue weighted by Crippen LogP contribution is -2.47. The molecule has 0 aliphatic carbocycles. The van der Waals surface area contributed by atoms with Crippen molar-refractivity contribution in [3.63, 3.8) is 0 Å². The number of rotatable bonds is 3. The summed E-state index contributed by atoms with van der Waals surface area (Å²) < 4.78 is 41.9. The number of anilines is 2. The SMILES string of the molecule is O=c1c(Cl)c(N2CCN(c3ccccc3F)CC2)cnn1-c1ccc(F)cc1F. The Hall–Kier alpha value is -3.00. The van der Waals surface area contributed by atoms with Crippen LogP contribution in [-0.4, -0.2) is 36.0 Å². The van der Waals surface area contributed by atoms with E-state index in [4.69, 9.17) is 11.6 Å². The molecule has 1 aliphatic rings. The molecular formula is C20H16ClF3N4O. The molecule has 3 aromatic rings. The molecule has 5 nitrogen and oxygen atoms in total. The summed E-state index contributed by atoms with van der Waals surface area (Å²) in [6.45, 7) is 2.08. The lowest BCUT2D eigenvalue weighted by molar-refractivity contribution is 0.570. The topological polar surface area (TPSA) is 41.4 Å². The molecule has 2 heterocycles. The highest BCUT2D eigenvalue weighted by molar-refractivity contribution is 6.33. The van der Waals surface area contributed by atoms with Crippen molar-refractivity contribution in [1.29, 1.82) is 0 Å². The van der Waals surface area contributed by atoms with Gasteiger partial charge in [0.1, 0.15) is 22.3 Å². The Morgan fingerprint density at radius 2 is 1.48 bits per heavy atom. The van der Waals surface area contributed by atoms with Crippen molar-refractivity contribution < 1.29 is 13.2 Å². The zero-order valence-electron chi connectivity index (χ0n) is 15.2. The average molecular weight is 421 g/mol. The smallest absolute Gasteiger partial charge is 0.292 e. The van der Waals surface area contributed by atoms with Crippen LogP contribution in [0.1, 0.15) is 0 Å². The van der Waals surface area contributed by atoms with Crippen LogP contribution >= 0.6 is 11.6 Å². The van der Waals surface area contributed by atoms with Crippen LogP contribution in [0.2, 0.25) is 5.02 Å². The quantitative estimate of drug-likeness (QED) is 0.649. The van der Waals surface area contributed by atoms with Crippen LogP contribution in [0.4, 0.5) is 24.5 Å². The fraction of sp³-hybridized carbons (Fsp3) is 0.200. The number of nitrogens with zero attached hydrogens (tertiary/aromatic N) is 4. The molecule has 9 heteroatoms. The molecule has 0 amide bonds. The van der Waals surface area contributed by atoms with Gasteiger partial charge >= 0.3 is 0 Å². The van der Waals surface area contributed by atoms with E-state index in [9.17, 15) is 18.0 Å². The van der Waals surface area contributed by atoms with Gasteiger partial charge in [0.25, 0.3) is 5.56 Å². The summed E-state index contributed by atoms with van der Waals surface area (Å²) in [7, 11) is 0. The molecule has 4 rings (SSSR count). The van der Waals surface area contributed by atoms with Crippen molar-refractivity contribution in [2.45, 2.75) is 0 Å². The van der Waals surface area contributed by atoms with Crippen LogP contribution in [0.15, 0.2) is 53.5 Å². The van der Waals surface area contributed by atoms with Crippen molar-refractivity contribution in [3.05, 3.63) is 81.5 Å². The first-order chi connectivity index (χ1) is 14.0. The highest BCUT2D eigenvalue weighted by Crippen LogP contribution is 2.26. The van der Waals surface area contributed by atoms with E-state index in [1.54, 1.807) is 18.2 Å². The van der Waals surface area contributed by atoms with E-state index in [1.807, 2.05) is 9.80 Å². The monoisotopic (exact) mass is 420 g/mol. The molecular weight excluding hydrogens is 405 g/mol. The highest BCUT2D eigenvalue weighted by Gasteiger charge is 2.23. The Balaban J connectivity index is 1.57. The number of para-hydroxylation sites is 1. The molecule has 0 radical (unpaired) electrons. The molecule has 1 fully saturated rings. The average Bonchev–Trinajstić information content (AvgIpc) is 2.71. The van der Waals surface area contributed by atoms with E-state index in [2.05, 4.69) is 5.10 Å². The van der Waals surface area contributed by atoms with E-state index >= 15 is 0 Å². The van der Waals surface area contributed by atoms with Gasteiger partial charge < -0.3 is 9.80 Å². The maximum absolute atomic E-state index is 14.0. The summed E-state index contributed by atoms with van der Waals surface area (Å²) in [6.07, 6.45) is 1.38. The molecule has 0 atom stereocenters. The molecule has 150 valence electrons. The first-order valence-electron chi connectivity index (χ1n) is 8.93. The van der Waals surface area contributed by atoms with Crippen molar-refractivity contribution in [1.82, 2.24) is 9.78 Å². The van der Waals surface area contributed by atoms with Crippen LogP contribution in [-0.2, 0) is 0 Å². The predicted molar refractivity (Wildman–Crippen MR) is 106 cm³/mol. The number of halogens is 4. The Morgan fingerprint density at radius 3 is 2.14 bits per heavy atom. The van der Waals surface area contributed by atoms with E-state index in [0.29, 0.717) is 43.6 Å². The third kappa shape index (κ3) is 3.67.